The number of thioether (sulfide) groups is 1. The summed E-state index contributed by atoms with van der Waals surface area (Å²) in [6.07, 6.45) is 1.95. The Balaban J connectivity index is 3.18. The van der Waals surface area contributed by atoms with Gasteiger partial charge in [0.2, 0.25) is 0 Å². The minimum Gasteiger partial charge on any atom is -0.495 e. The molecule has 0 aliphatic rings. The zero-order chi connectivity index (χ0) is 9.14. The summed E-state index contributed by atoms with van der Waals surface area (Å²) in [5, 5.41) is 1.20. The van der Waals surface area contributed by atoms with E-state index in [0.29, 0.717) is 15.8 Å². The van der Waals surface area contributed by atoms with Gasteiger partial charge in [0.05, 0.1) is 17.2 Å². The molecule has 0 heterocycles. The Morgan fingerprint density at radius 1 is 1.25 bits per heavy atom. The lowest BCUT2D eigenvalue weighted by molar-refractivity contribution is 0.414. The molecular weight excluding hydrogens is 215 g/mol. The minimum atomic E-state index is 0.542. The van der Waals surface area contributed by atoms with Crippen LogP contribution in [0.5, 0.6) is 5.75 Å². The molecular formula is C8H8Cl2OS. The van der Waals surface area contributed by atoms with Gasteiger partial charge in [-0.25, -0.2) is 0 Å². The molecule has 0 saturated heterocycles. The first-order valence-corrected chi connectivity index (χ1v) is 5.24. The number of halogens is 2. The Morgan fingerprint density at radius 3 is 2.42 bits per heavy atom. The number of rotatable bonds is 2. The van der Waals surface area contributed by atoms with Gasteiger partial charge in [-0.2, -0.15) is 0 Å². The summed E-state index contributed by atoms with van der Waals surface area (Å²) in [5.41, 5.74) is 0. The second-order valence-electron chi connectivity index (χ2n) is 2.12. The summed E-state index contributed by atoms with van der Waals surface area (Å²) in [5.74, 6) is 0.658. The smallest absolute Gasteiger partial charge is 0.138 e. The molecule has 12 heavy (non-hydrogen) atoms. The van der Waals surface area contributed by atoms with Crippen LogP contribution >= 0.6 is 35.0 Å². The SMILES string of the molecule is COc1cc(SC)c(Cl)cc1Cl. The van der Waals surface area contributed by atoms with Crippen molar-refractivity contribution in [2.24, 2.45) is 0 Å². The van der Waals surface area contributed by atoms with E-state index in [1.807, 2.05) is 12.3 Å². The lowest BCUT2D eigenvalue weighted by Crippen LogP contribution is -1.85. The van der Waals surface area contributed by atoms with Crippen molar-refractivity contribution in [2.45, 2.75) is 4.90 Å². The van der Waals surface area contributed by atoms with Gasteiger partial charge >= 0.3 is 0 Å². The third-order valence-corrected chi connectivity index (χ3v) is 2.92. The highest BCUT2D eigenvalue weighted by molar-refractivity contribution is 7.98. The highest BCUT2D eigenvalue weighted by atomic mass is 35.5. The molecule has 0 amide bonds. The molecule has 0 spiro atoms. The number of benzene rings is 1. The molecule has 0 aromatic heterocycles. The van der Waals surface area contributed by atoms with Crippen LogP contribution in [0.3, 0.4) is 0 Å². The van der Waals surface area contributed by atoms with Crippen LogP contribution in [0.25, 0.3) is 0 Å². The molecule has 1 rings (SSSR count). The topological polar surface area (TPSA) is 9.23 Å². The average Bonchev–Trinajstić information content (AvgIpc) is 2.05. The van der Waals surface area contributed by atoms with Crippen molar-refractivity contribution >= 4 is 35.0 Å². The zero-order valence-corrected chi connectivity index (χ0v) is 9.06. The van der Waals surface area contributed by atoms with Crippen molar-refractivity contribution in [3.63, 3.8) is 0 Å². The fourth-order valence-corrected chi connectivity index (χ4v) is 1.99. The fourth-order valence-electron chi connectivity index (χ4n) is 0.823. The predicted octanol–water partition coefficient (Wildman–Crippen LogP) is 3.72. The van der Waals surface area contributed by atoms with Crippen molar-refractivity contribution in [3.05, 3.63) is 22.2 Å². The van der Waals surface area contributed by atoms with Gasteiger partial charge in [-0.05, 0) is 18.4 Å². The van der Waals surface area contributed by atoms with Crippen molar-refractivity contribution in [3.8, 4) is 5.75 Å². The Morgan fingerprint density at radius 2 is 1.92 bits per heavy atom. The normalized spacial score (nSPS) is 10.0. The highest BCUT2D eigenvalue weighted by Crippen LogP contribution is 2.34. The van der Waals surface area contributed by atoms with Crippen molar-refractivity contribution in [1.29, 1.82) is 0 Å². The number of methoxy groups -OCH3 is 1. The van der Waals surface area contributed by atoms with E-state index >= 15 is 0 Å². The molecule has 4 heteroatoms. The Kier molecular flexibility index (Phi) is 3.56. The van der Waals surface area contributed by atoms with E-state index in [1.54, 1.807) is 24.9 Å². The number of ether oxygens (including phenoxy) is 1. The van der Waals surface area contributed by atoms with Gasteiger partial charge in [0, 0.05) is 4.90 Å². The van der Waals surface area contributed by atoms with Gasteiger partial charge in [-0.3, -0.25) is 0 Å². The molecule has 0 atom stereocenters. The summed E-state index contributed by atoms with van der Waals surface area (Å²) in [7, 11) is 1.58. The van der Waals surface area contributed by atoms with Crippen molar-refractivity contribution in [1.82, 2.24) is 0 Å². The summed E-state index contributed by atoms with van der Waals surface area (Å²) >= 11 is 13.3. The van der Waals surface area contributed by atoms with Crippen molar-refractivity contribution in [2.75, 3.05) is 13.4 Å². The van der Waals surface area contributed by atoms with Crippen LogP contribution in [-0.4, -0.2) is 13.4 Å². The van der Waals surface area contributed by atoms with Gasteiger partial charge in [0.1, 0.15) is 5.75 Å². The molecule has 1 aromatic rings. The van der Waals surface area contributed by atoms with Crippen LogP contribution in [0, 0.1) is 0 Å². The molecule has 0 fully saturated rings. The molecule has 66 valence electrons. The molecule has 0 aliphatic carbocycles. The second kappa shape index (κ2) is 4.26. The fraction of sp³-hybridized carbons (Fsp3) is 0.250. The zero-order valence-electron chi connectivity index (χ0n) is 6.73. The lowest BCUT2D eigenvalue weighted by atomic mass is 10.3. The largest absolute Gasteiger partial charge is 0.495 e. The van der Waals surface area contributed by atoms with E-state index in [4.69, 9.17) is 27.9 Å². The van der Waals surface area contributed by atoms with E-state index in [2.05, 4.69) is 0 Å². The molecule has 0 bridgehead atoms. The van der Waals surface area contributed by atoms with Crippen LogP contribution in [0.4, 0.5) is 0 Å². The van der Waals surface area contributed by atoms with Crippen LogP contribution in [0.1, 0.15) is 0 Å². The van der Waals surface area contributed by atoms with E-state index in [0.717, 1.165) is 4.90 Å². The van der Waals surface area contributed by atoms with Crippen LogP contribution in [0.15, 0.2) is 17.0 Å². The van der Waals surface area contributed by atoms with Crippen LogP contribution < -0.4 is 4.74 Å². The third-order valence-electron chi connectivity index (χ3n) is 1.43. The summed E-state index contributed by atoms with van der Waals surface area (Å²) in [6, 6.07) is 3.52. The second-order valence-corrected chi connectivity index (χ2v) is 3.78. The van der Waals surface area contributed by atoms with Gasteiger partial charge < -0.3 is 4.74 Å². The average molecular weight is 223 g/mol. The Labute approximate surface area is 86.0 Å². The predicted molar refractivity (Wildman–Crippen MR) is 54.8 cm³/mol. The molecule has 1 aromatic carbocycles. The lowest BCUT2D eigenvalue weighted by Gasteiger charge is -2.06. The van der Waals surface area contributed by atoms with Gasteiger partial charge in [0.25, 0.3) is 0 Å². The standard InChI is InChI=1S/C8H8Cl2OS/c1-11-7-4-8(12-2)6(10)3-5(7)9/h3-4H,1-2H3. The van der Waals surface area contributed by atoms with E-state index in [-0.39, 0.29) is 0 Å². The summed E-state index contributed by atoms with van der Waals surface area (Å²) < 4.78 is 5.04. The minimum absolute atomic E-state index is 0.542. The molecule has 1 nitrogen and oxygen atoms in total. The Hall–Kier alpha value is -0.0500. The van der Waals surface area contributed by atoms with Crippen LogP contribution in [-0.2, 0) is 0 Å². The van der Waals surface area contributed by atoms with E-state index in [1.165, 1.54) is 0 Å². The molecule has 0 radical (unpaired) electrons. The number of hydrogen-bond donors (Lipinski definition) is 0. The first-order chi connectivity index (χ1) is 5.69. The van der Waals surface area contributed by atoms with E-state index < -0.39 is 0 Å². The third kappa shape index (κ3) is 2.00. The van der Waals surface area contributed by atoms with E-state index in [9.17, 15) is 0 Å². The van der Waals surface area contributed by atoms with Crippen LogP contribution in [0.2, 0.25) is 10.0 Å². The molecule has 0 N–H and O–H groups in total. The van der Waals surface area contributed by atoms with Gasteiger partial charge in [0.15, 0.2) is 0 Å². The van der Waals surface area contributed by atoms with Crippen molar-refractivity contribution < 1.29 is 4.74 Å². The highest BCUT2D eigenvalue weighted by Gasteiger charge is 2.05. The Bertz CT molecular complexity index is 263. The van der Waals surface area contributed by atoms with Gasteiger partial charge in [-0.1, -0.05) is 23.2 Å². The number of hydrogen-bond acceptors (Lipinski definition) is 2. The maximum atomic E-state index is 5.90. The summed E-state index contributed by atoms with van der Waals surface area (Å²) in [6.45, 7) is 0. The molecule has 0 aliphatic heterocycles. The monoisotopic (exact) mass is 222 g/mol. The first kappa shape index (κ1) is 10.0. The molecule has 0 saturated carbocycles. The van der Waals surface area contributed by atoms with Gasteiger partial charge in [-0.15, -0.1) is 11.8 Å². The maximum absolute atomic E-state index is 5.90. The first-order valence-electron chi connectivity index (χ1n) is 3.26. The molecule has 0 unspecified atom stereocenters. The summed E-state index contributed by atoms with van der Waals surface area (Å²) in [4.78, 5) is 0.970. The maximum Gasteiger partial charge on any atom is 0.138 e. The quantitative estimate of drug-likeness (QED) is 0.706.